The third kappa shape index (κ3) is 4.15. The van der Waals surface area contributed by atoms with E-state index in [9.17, 15) is 8.42 Å². The van der Waals surface area contributed by atoms with Crippen LogP contribution in [0.5, 0.6) is 0 Å². The third-order valence-electron chi connectivity index (χ3n) is 3.40. The Morgan fingerprint density at radius 3 is 2.38 bits per heavy atom. The van der Waals surface area contributed by atoms with E-state index in [0.717, 1.165) is 31.5 Å². The highest BCUT2D eigenvalue weighted by atomic mass is 32.2. The molecule has 1 heterocycles. The van der Waals surface area contributed by atoms with Crippen molar-refractivity contribution in [3.63, 3.8) is 0 Å². The van der Waals surface area contributed by atoms with E-state index in [1.807, 2.05) is 6.92 Å². The summed E-state index contributed by atoms with van der Waals surface area (Å²) in [6, 6.07) is 6.72. The van der Waals surface area contributed by atoms with Crippen molar-refractivity contribution in [2.24, 2.45) is 0 Å². The molecule has 7 heteroatoms. The zero-order valence-electron chi connectivity index (χ0n) is 12.1. The number of nitrogens with one attached hydrogen (secondary N) is 2. The lowest BCUT2D eigenvalue weighted by Crippen LogP contribution is -2.35. The lowest BCUT2D eigenvalue weighted by molar-refractivity contribution is 0.346. The topological polar surface area (TPSA) is 61.4 Å². The van der Waals surface area contributed by atoms with Crippen LogP contribution in [-0.4, -0.2) is 37.5 Å². The normalized spacial score (nSPS) is 16.4. The Labute approximate surface area is 131 Å². The molecule has 21 heavy (non-hydrogen) atoms. The van der Waals surface area contributed by atoms with Crippen molar-refractivity contribution in [2.75, 3.05) is 25.0 Å². The molecular weight excluding hydrogens is 306 g/mol. The van der Waals surface area contributed by atoms with Crippen LogP contribution in [0.1, 0.15) is 26.2 Å². The van der Waals surface area contributed by atoms with Crippen LogP contribution in [-0.2, 0) is 10.0 Å². The second kappa shape index (κ2) is 7.20. The maximum Gasteiger partial charge on any atom is 0.243 e. The monoisotopic (exact) mass is 327 g/mol. The smallest absolute Gasteiger partial charge is 0.243 e. The number of rotatable bonds is 4. The molecule has 0 amide bonds. The molecule has 0 bridgehead atoms. The van der Waals surface area contributed by atoms with E-state index in [1.54, 1.807) is 28.6 Å². The highest BCUT2D eigenvalue weighted by Gasteiger charge is 2.25. The second-order valence-corrected chi connectivity index (χ2v) is 7.32. The van der Waals surface area contributed by atoms with Crippen molar-refractivity contribution in [1.29, 1.82) is 0 Å². The average molecular weight is 327 g/mol. The Balaban J connectivity index is 2.09. The van der Waals surface area contributed by atoms with Crippen molar-refractivity contribution in [3.8, 4) is 0 Å². The van der Waals surface area contributed by atoms with Gasteiger partial charge in [0.05, 0.1) is 4.90 Å². The summed E-state index contributed by atoms with van der Waals surface area (Å²) in [5.74, 6) is 0. The summed E-state index contributed by atoms with van der Waals surface area (Å²) in [5.41, 5.74) is 0.776. The van der Waals surface area contributed by atoms with Gasteiger partial charge in [-0.2, -0.15) is 4.31 Å². The molecule has 1 aromatic rings. The largest absolute Gasteiger partial charge is 0.363 e. The number of hydrogen-bond donors (Lipinski definition) is 2. The van der Waals surface area contributed by atoms with Gasteiger partial charge in [0.25, 0.3) is 0 Å². The number of sulfonamides is 1. The molecule has 116 valence electrons. The summed E-state index contributed by atoms with van der Waals surface area (Å²) in [6.45, 7) is 3.94. The number of nitrogens with zero attached hydrogens (tertiary/aromatic N) is 1. The second-order valence-electron chi connectivity index (χ2n) is 4.97. The van der Waals surface area contributed by atoms with Gasteiger partial charge < -0.3 is 10.6 Å². The van der Waals surface area contributed by atoms with Crippen LogP contribution >= 0.6 is 12.2 Å². The molecule has 2 rings (SSSR count). The van der Waals surface area contributed by atoms with Gasteiger partial charge in [0.2, 0.25) is 10.0 Å². The summed E-state index contributed by atoms with van der Waals surface area (Å²) >= 11 is 5.10. The van der Waals surface area contributed by atoms with Gasteiger partial charge in [0.1, 0.15) is 0 Å². The van der Waals surface area contributed by atoms with Crippen molar-refractivity contribution < 1.29 is 8.42 Å². The fourth-order valence-electron chi connectivity index (χ4n) is 2.30. The van der Waals surface area contributed by atoms with Gasteiger partial charge in [-0.05, 0) is 56.2 Å². The SMILES string of the molecule is CCNC(=S)Nc1ccc(S(=O)(=O)N2CCCCC2)cc1. The summed E-state index contributed by atoms with van der Waals surface area (Å²) in [5, 5.41) is 6.53. The lowest BCUT2D eigenvalue weighted by atomic mass is 10.2. The summed E-state index contributed by atoms with van der Waals surface area (Å²) in [4.78, 5) is 0.337. The van der Waals surface area contributed by atoms with E-state index in [2.05, 4.69) is 10.6 Å². The van der Waals surface area contributed by atoms with Crippen LogP contribution in [0.25, 0.3) is 0 Å². The van der Waals surface area contributed by atoms with Crippen LogP contribution in [0.4, 0.5) is 5.69 Å². The fourth-order valence-corrected chi connectivity index (χ4v) is 4.08. The van der Waals surface area contributed by atoms with Gasteiger partial charge in [-0.1, -0.05) is 6.42 Å². The maximum atomic E-state index is 12.5. The molecule has 1 aliphatic rings. The minimum Gasteiger partial charge on any atom is -0.363 e. The Morgan fingerprint density at radius 2 is 1.81 bits per heavy atom. The molecule has 0 aromatic heterocycles. The first-order valence-electron chi connectivity index (χ1n) is 7.19. The van der Waals surface area contributed by atoms with E-state index in [0.29, 0.717) is 23.1 Å². The quantitative estimate of drug-likeness (QED) is 0.830. The highest BCUT2D eigenvalue weighted by molar-refractivity contribution is 7.89. The molecule has 0 atom stereocenters. The molecule has 0 radical (unpaired) electrons. The van der Waals surface area contributed by atoms with Crippen molar-refractivity contribution >= 4 is 33.0 Å². The molecule has 0 spiro atoms. The zero-order valence-corrected chi connectivity index (χ0v) is 13.8. The lowest BCUT2D eigenvalue weighted by Gasteiger charge is -2.25. The van der Waals surface area contributed by atoms with Gasteiger partial charge in [-0.25, -0.2) is 8.42 Å². The number of benzene rings is 1. The zero-order chi connectivity index (χ0) is 15.3. The third-order valence-corrected chi connectivity index (χ3v) is 5.56. The van der Waals surface area contributed by atoms with E-state index in [1.165, 1.54) is 0 Å². The van der Waals surface area contributed by atoms with Gasteiger partial charge in [-0.15, -0.1) is 0 Å². The van der Waals surface area contributed by atoms with E-state index >= 15 is 0 Å². The van der Waals surface area contributed by atoms with Crippen molar-refractivity contribution in [2.45, 2.75) is 31.1 Å². The molecule has 0 aliphatic carbocycles. The predicted molar refractivity (Wildman–Crippen MR) is 88.9 cm³/mol. The summed E-state index contributed by atoms with van der Waals surface area (Å²) in [7, 11) is -3.36. The first kappa shape index (κ1) is 16.2. The fraction of sp³-hybridized carbons (Fsp3) is 0.500. The standard InChI is InChI=1S/C14H21N3O2S2/c1-2-15-14(20)16-12-6-8-13(9-7-12)21(18,19)17-10-4-3-5-11-17/h6-9H,2-5,10-11H2,1H3,(H2,15,16,20). The van der Waals surface area contributed by atoms with Gasteiger partial charge in [-0.3, -0.25) is 0 Å². The highest BCUT2D eigenvalue weighted by Crippen LogP contribution is 2.21. The number of hydrogen-bond acceptors (Lipinski definition) is 3. The Hall–Kier alpha value is -1.18. The molecule has 2 N–H and O–H groups in total. The molecular formula is C14H21N3O2S2. The van der Waals surface area contributed by atoms with E-state index < -0.39 is 10.0 Å². The maximum absolute atomic E-state index is 12.5. The number of thiocarbonyl (C=S) groups is 1. The van der Waals surface area contributed by atoms with Gasteiger partial charge >= 0.3 is 0 Å². The summed E-state index contributed by atoms with van der Waals surface area (Å²) < 4.78 is 26.6. The van der Waals surface area contributed by atoms with Crippen molar-refractivity contribution in [1.82, 2.24) is 9.62 Å². The van der Waals surface area contributed by atoms with E-state index in [4.69, 9.17) is 12.2 Å². The Morgan fingerprint density at radius 1 is 1.19 bits per heavy atom. The van der Waals surface area contributed by atoms with Gasteiger partial charge in [0.15, 0.2) is 5.11 Å². The first-order valence-corrected chi connectivity index (χ1v) is 9.04. The molecule has 1 aliphatic heterocycles. The van der Waals surface area contributed by atoms with Crippen molar-refractivity contribution in [3.05, 3.63) is 24.3 Å². The molecule has 0 unspecified atom stereocenters. The average Bonchev–Trinajstić information content (AvgIpc) is 2.49. The van der Waals surface area contributed by atoms with Crippen LogP contribution in [0.15, 0.2) is 29.2 Å². The first-order chi connectivity index (χ1) is 10.0. The molecule has 1 fully saturated rings. The Bertz CT molecular complexity index is 579. The van der Waals surface area contributed by atoms with Crippen LogP contribution < -0.4 is 10.6 Å². The van der Waals surface area contributed by atoms with Crippen LogP contribution in [0.3, 0.4) is 0 Å². The van der Waals surface area contributed by atoms with Crippen LogP contribution in [0, 0.1) is 0 Å². The predicted octanol–water partition coefficient (Wildman–Crippen LogP) is 2.17. The molecule has 1 aromatic carbocycles. The van der Waals surface area contributed by atoms with Crippen LogP contribution in [0.2, 0.25) is 0 Å². The van der Waals surface area contributed by atoms with Gasteiger partial charge in [0, 0.05) is 25.3 Å². The van der Waals surface area contributed by atoms with E-state index in [-0.39, 0.29) is 0 Å². The number of anilines is 1. The molecule has 1 saturated heterocycles. The molecule has 5 nitrogen and oxygen atoms in total. The molecule has 0 saturated carbocycles. The number of piperidine rings is 1. The minimum absolute atomic E-state index is 0.337. The minimum atomic E-state index is -3.36. The summed E-state index contributed by atoms with van der Waals surface area (Å²) in [6.07, 6.45) is 2.99. The Kier molecular flexibility index (Phi) is 5.55.